The van der Waals surface area contributed by atoms with Crippen molar-refractivity contribution in [2.75, 3.05) is 12.3 Å². The summed E-state index contributed by atoms with van der Waals surface area (Å²) >= 11 is 1.64. The Hall–Kier alpha value is -0.550. The molecule has 0 radical (unpaired) electrons. The summed E-state index contributed by atoms with van der Waals surface area (Å²) in [7, 11) is 0. The van der Waals surface area contributed by atoms with E-state index in [4.69, 9.17) is 4.42 Å². The molecule has 5 heteroatoms. The maximum Gasteiger partial charge on any atom is 0.276 e. The highest BCUT2D eigenvalue weighted by Crippen LogP contribution is 2.19. The molecule has 1 aliphatic heterocycles. The lowest BCUT2D eigenvalue weighted by Crippen LogP contribution is -2.23. The van der Waals surface area contributed by atoms with Crippen LogP contribution in [-0.2, 0) is 0 Å². The third-order valence-corrected chi connectivity index (χ3v) is 3.06. The second-order valence-corrected chi connectivity index (χ2v) is 4.16. The Morgan fingerprint density at radius 1 is 1.62 bits per heavy atom. The van der Waals surface area contributed by atoms with E-state index in [9.17, 15) is 0 Å². The van der Waals surface area contributed by atoms with E-state index in [0.717, 1.165) is 12.3 Å². The Balaban J connectivity index is 1.78. The topological polar surface area (TPSA) is 51.0 Å². The Morgan fingerprint density at radius 2 is 2.54 bits per heavy atom. The van der Waals surface area contributed by atoms with Crippen molar-refractivity contribution in [2.45, 2.75) is 31.0 Å². The van der Waals surface area contributed by atoms with Crippen molar-refractivity contribution in [1.82, 2.24) is 15.5 Å². The van der Waals surface area contributed by atoms with Gasteiger partial charge in [0.05, 0.1) is 0 Å². The molecule has 1 aromatic rings. The molecule has 0 amide bonds. The zero-order chi connectivity index (χ0) is 9.10. The third-order valence-electron chi connectivity index (χ3n) is 2.08. The van der Waals surface area contributed by atoms with Gasteiger partial charge in [0.2, 0.25) is 5.89 Å². The molecule has 72 valence electrons. The molecule has 2 heterocycles. The van der Waals surface area contributed by atoms with Gasteiger partial charge in [0, 0.05) is 18.7 Å². The fraction of sp³-hybridized carbons (Fsp3) is 0.750. The number of aromatic nitrogens is 2. The third kappa shape index (κ3) is 2.45. The first kappa shape index (κ1) is 9.02. The first-order chi connectivity index (χ1) is 6.34. The van der Waals surface area contributed by atoms with Gasteiger partial charge in [0.25, 0.3) is 5.22 Å². The molecule has 13 heavy (non-hydrogen) atoms. The van der Waals surface area contributed by atoms with E-state index >= 15 is 0 Å². The van der Waals surface area contributed by atoms with Gasteiger partial charge in [0.1, 0.15) is 0 Å². The zero-order valence-corrected chi connectivity index (χ0v) is 8.43. The Bertz CT molecular complexity index is 270. The molecule has 1 N–H and O–H groups in total. The zero-order valence-electron chi connectivity index (χ0n) is 7.62. The average Bonchev–Trinajstić information content (AvgIpc) is 2.71. The fourth-order valence-electron chi connectivity index (χ4n) is 1.41. The predicted octanol–water partition coefficient (Wildman–Crippen LogP) is 1.22. The Morgan fingerprint density at radius 3 is 3.15 bits per heavy atom. The molecule has 4 nitrogen and oxygen atoms in total. The normalized spacial score (nSPS) is 22.4. The summed E-state index contributed by atoms with van der Waals surface area (Å²) in [6.07, 6.45) is 2.55. The van der Waals surface area contributed by atoms with E-state index in [0.29, 0.717) is 17.2 Å². The standard InChI is InChI=1S/C8H13N3OS/c1-6-10-11-8(12-6)13-5-7-3-2-4-9-7/h7,9H,2-5H2,1H3/t7-/m0/s1. The number of hydrogen-bond acceptors (Lipinski definition) is 5. The van der Waals surface area contributed by atoms with Gasteiger partial charge in [-0.15, -0.1) is 10.2 Å². The SMILES string of the molecule is Cc1nnc(SC[C@@H]2CCCN2)o1. The van der Waals surface area contributed by atoms with Gasteiger partial charge in [-0.1, -0.05) is 11.8 Å². The molecule has 1 aromatic heterocycles. The predicted molar refractivity (Wildman–Crippen MR) is 50.8 cm³/mol. The molecule has 1 fully saturated rings. The summed E-state index contributed by atoms with van der Waals surface area (Å²) in [6, 6.07) is 0.622. The van der Waals surface area contributed by atoms with Crippen LogP contribution in [0.25, 0.3) is 0 Å². The number of nitrogens with zero attached hydrogens (tertiary/aromatic N) is 2. The summed E-state index contributed by atoms with van der Waals surface area (Å²) in [4.78, 5) is 0. The van der Waals surface area contributed by atoms with Gasteiger partial charge in [-0.25, -0.2) is 0 Å². The molecule has 0 unspecified atom stereocenters. The summed E-state index contributed by atoms with van der Waals surface area (Å²) in [6.45, 7) is 2.96. The summed E-state index contributed by atoms with van der Waals surface area (Å²) in [5.41, 5.74) is 0. The van der Waals surface area contributed by atoms with Crippen molar-refractivity contribution in [3.8, 4) is 0 Å². The van der Waals surface area contributed by atoms with Crippen LogP contribution in [0.2, 0.25) is 0 Å². The highest BCUT2D eigenvalue weighted by Gasteiger charge is 2.15. The van der Waals surface area contributed by atoms with Crippen LogP contribution in [0, 0.1) is 6.92 Å². The highest BCUT2D eigenvalue weighted by atomic mass is 32.2. The van der Waals surface area contributed by atoms with Gasteiger partial charge >= 0.3 is 0 Å². The maximum absolute atomic E-state index is 5.26. The van der Waals surface area contributed by atoms with Crippen LogP contribution < -0.4 is 5.32 Å². The van der Waals surface area contributed by atoms with E-state index in [1.165, 1.54) is 12.8 Å². The molecule has 0 aromatic carbocycles. The van der Waals surface area contributed by atoms with Crippen LogP contribution in [0.4, 0.5) is 0 Å². The molecule has 0 spiro atoms. The monoisotopic (exact) mass is 199 g/mol. The van der Waals surface area contributed by atoms with E-state index in [1.807, 2.05) is 6.92 Å². The van der Waals surface area contributed by atoms with Crippen molar-refractivity contribution in [2.24, 2.45) is 0 Å². The van der Waals surface area contributed by atoms with Crippen molar-refractivity contribution in [1.29, 1.82) is 0 Å². The molecule has 1 aliphatic rings. The van der Waals surface area contributed by atoms with Gasteiger partial charge in [-0.3, -0.25) is 0 Å². The molecule has 0 saturated carbocycles. The first-order valence-electron chi connectivity index (χ1n) is 4.51. The van der Waals surface area contributed by atoms with Crippen molar-refractivity contribution >= 4 is 11.8 Å². The molecule has 1 saturated heterocycles. The van der Waals surface area contributed by atoms with Crippen molar-refractivity contribution in [3.05, 3.63) is 5.89 Å². The Labute approximate surface area is 81.5 Å². The lowest BCUT2D eigenvalue weighted by molar-refractivity contribution is 0.429. The fourth-order valence-corrected chi connectivity index (χ4v) is 2.31. The van der Waals surface area contributed by atoms with Crippen LogP contribution >= 0.6 is 11.8 Å². The van der Waals surface area contributed by atoms with Crippen LogP contribution in [0.1, 0.15) is 18.7 Å². The van der Waals surface area contributed by atoms with Crippen molar-refractivity contribution < 1.29 is 4.42 Å². The van der Waals surface area contributed by atoms with Gasteiger partial charge in [-0.2, -0.15) is 0 Å². The smallest absolute Gasteiger partial charge is 0.276 e. The minimum Gasteiger partial charge on any atom is -0.416 e. The van der Waals surface area contributed by atoms with E-state index in [1.54, 1.807) is 11.8 Å². The number of aryl methyl sites for hydroxylation is 1. The van der Waals surface area contributed by atoms with Crippen LogP contribution in [0.5, 0.6) is 0 Å². The molecular formula is C8H13N3OS. The Kier molecular flexibility index (Phi) is 2.85. The van der Waals surface area contributed by atoms with E-state index in [-0.39, 0.29) is 0 Å². The summed E-state index contributed by atoms with van der Waals surface area (Å²) < 4.78 is 5.26. The second kappa shape index (κ2) is 4.11. The number of rotatable bonds is 3. The van der Waals surface area contributed by atoms with E-state index < -0.39 is 0 Å². The van der Waals surface area contributed by atoms with Crippen molar-refractivity contribution in [3.63, 3.8) is 0 Å². The maximum atomic E-state index is 5.26. The average molecular weight is 199 g/mol. The number of thioether (sulfide) groups is 1. The minimum atomic E-state index is 0.622. The minimum absolute atomic E-state index is 0.622. The number of nitrogens with one attached hydrogen (secondary N) is 1. The lowest BCUT2D eigenvalue weighted by Gasteiger charge is -2.05. The highest BCUT2D eigenvalue weighted by molar-refractivity contribution is 7.99. The summed E-state index contributed by atoms with van der Waals surface area (Å²) in [5, 5.41) is 11.8. The van der Waals surface area contributed by atoms with E-state index in [2.05, 4.69) is 15.5 Å². The largest absolute Gasteiger partial charge is 0.416 e. The van der Waals surface area contributed by atoms with Crippen LogP contribution in [-0.4, -0.2) is 28.5 Å². The molecule has 1 atom stereocenters. The van der Waals surface area contributed by atoms with Crippen LogP contribution in [0.15, 0.2) is 9.64 Å². The molecule has 0 bridgehead atoms. The molecular weight excluding hydrogens is 186 g/mol. The molecule has 2 rings (SSSR count). The first-order valence-corrected chi connectivity index (χ1v) is 5.49. The van der Waals surface area contributed by atoms with Crippen LogP contribution in [0.3, 0.4) is 0 Å². The molecule has 0 aliphatic carbocycles. The second-order valence-electron chi connectivity index (χ2n) is 3.19. The quantitative estimate of drug-likeness (QED) is 0.742. The summed E-state index contributed by atoms with van der Waals surface area (Å²) in [5.74, 6) is 1.67. The lowest BCUT2D eigenvalue weighted by atomic mass is 10.3. The number of hydrogen-bond donors (Lipinski definition) is 1. The van der Waals surface area contributed by atoms with Gasteiger partial charge in [-0.05, 0) is 19.4 Å². The van der Waals surface area contributed by atoms with Gasteiger partial charge < -0.3 is 9.73 Å². The van der Waals surface area contributed by atoms with Gasteiger partial charge in [0.15, 0.2) is 0 Å².